The minimum Gasteiger partial charge on any atom is -0.474 e. The summed E-state index contributed by atoms with van der Waals surface area (Å²) in [6.45, 7) is -0.245. The van der Waals surface area contributed by atoms with Gasteiger partial charge in [0, 0.05) is 25.4 Å². The van der Waals surface area contributed by atoms with Crippen LogP contribution in [-0.2, 0) is 21.0 Å². The molecule has 1 aliphatic rings. The first-order chi connectivity index (χ1) is 12.4. The van der Waals surface area contributed by atoms with E-state index >= 15 is 0 Å². The molecule has 1 saturated carbocycles. The molecule has 0 atom stereocenters. The SMILES string of the molecule is CN(CC(=O)NC1CCC(Oc2ccc(C(F)(F)F)cn2)CC1)S(C)(=O)=O. The van der Waals surface area contributed by atoms with Gasteiger partial charge in [-0.1, -0.05) is 0 Å². The van der Waals surface area contributed by atoms with E-state index in [1.165, 1.54) is 13.1 Å². The predicted octanol–water partition coefficient (Wildman–Crippen LogP) is 1.80. The molecule has 0 saturated heterocycles. The van der Waals surface area contributed by atoms with Gasteiger partial charge in [-0.2, -0.15) is 17.5 Å². The minimum absolute atomic E-state index is 0.0918. The molecule has 1 N–H and O–H groups in total. The predicted molar refractivity (Wildman–Crippen MR) is 91.5 cm³/mol. The number of halogens is 3. The Morgan fingerprint density at radius 2 is 1.93 bits per heavy atom. The van der Waals surface area contributed by atoms with Crippen molar-refractivity contribution in [2.45, 2.75) is 44.0 Å². The Kier molecular flexibility index (Phi) is 6.68. The monoisotopic (exact) mass is 409 g/mol. The standard InChI is InChI=1S/C16H22F3N3O4S/c1-22(27(2,24)25)10-14(23)21-12-4-6-13(7-5-12)26-15-8-3-11(9-20-15)16(17,18)19/h3,8-9,12-13H,4-7,10H2,1-2H3,(H,21,23). The van der Waals surface area contributed by atoms with Crippen LogP contribution in [0, 0.1) is 0 Å². The van der Waals surface area contributed by atoms with Crippen LogP contribution >= 0.6 is 0 Å². The molecule has 11 heteroatoms. The topological polar surface area (TPSA) is 88.6 Å². The van der Waals surface area contributed by atoms with Crippen LogP contribution in [0.25, 0.3) is 0 Å². The highest BCUT2D eigenvalue weighted by molar-refractivity contribution is 7.88. The van der Waals surface area contributed by atoms with Crippen molar-refractivity contribution in [3.8, 4) is 5.88 Å². The van der Waals surface area contributed by atoms with Gasteiger partial charge in [0.15, 0.2) is 0 Å². The van der Waals surface area contributed by atoms with Crippen LogP contribution in [-0.4, -0.2) is 55.6 Å². The number of nitrogens with zero attached hydrogens (tertiary/aromatic N) is 2. The number of alkyl halides is 3. The van der Waals surface area contributed by atoms with E-state index in [0.29, 0.717) is 25.7 Å². The number of pyridine rings is 1. The summed E-state index contributed by atoms with van der Waals surface area (Å²) in [5.74, 6) is -0.248. The molecule has 27 heavy (non-hydrogen) atoms. The maximum Gasteiger partial charge on any atom is 0.417 e. The normalized spacial score (nSPS) is 21.1. The van der Waals surface area contributed by atoms with Crippen molar-refractivity contribution in [1.29, 1.82) is 0 Å². The molecule has 0 spiro atoms. The summed E-state index contributed by atoms with van der Waals surface area (Å²) in [4.78, 5) is 15.6. The zero-order valence-corrected chi connectivity index (χ0v) is 15.8. The second-order valence-corrected chi connectivity index (χ2v) is 8.65. The maximum absolute atomic E-state index is 12.5. The molecule has 0 aromatic carbocycles. The number of hydrogen-bond acceptors (Lipinski definition) is 5. The molecule has 1 aromatic heterocycles. The number of rotatable bonds is 6. The van der Waals surface area contributed by atoms with Crippen LogP contribution in [0.5, 0.6) is 5.88 Å². The Balaban J connectivity index is 1.77. The van der Waals surface area contributed by atoms with Crippen molar-refractivity contribution in [2.24, 2.45) is 0 Å². The number of nitrogens with one attached hydrogen (secondary N) is 1. The lowest BCUT2D eigenvalue weighted by atomic mass is 9.93. The highest BCUT2D eigenvalue weighted by atomic mass is 32.2. The molecule has 1 amide bonds. The fraction of sp³-hybridized carbons (Fsp3) is 0.625. The van der Waals surface area contributed by atoms with E-state index in [0.717, 1.165) is 22.8 Å². The van der Waals surface area contributed by atoms with Crippen molar-refractivity contribution < 1.29 is 31.1 Å². The zero-order valence-electron chi connectivity index (χ0n) is 15.0. The van der Waals surface area contributed by atoms with E-state index in [2.05, 4.69) is 10.3 Å². The van der Waals surface area contributed by atoms with Crippen molar-refractivity contribution in [2.75, 3.05) is 19.8 Å². The van der Waals surface area contributed by atoms with Gasteiger partial charge < -0.3 is 10.1 Å². The second-order valence-electron chi connectivity index (χ2n) is 6.56. The third-order valence-electron chi connectivity index (χ3n) is 4.32. The summed E-state index contributed by atoms with van der Waals surface area (Å²) >= 11 is 0. The quantitative estimate of drug-likeness (QED) is 0.774. The summed E-state index contributed by atoms with van der Waals surface area (Å²) < 4.78 is 66.8. The lowest BCUT2D eigenvalue weighted by molar-refractivity contribution is -0.137. The highest BCUT2D eigenvalue weighted by Crippen LogP contribution is 2.30. The van der Waals surface area contributed by atoms with Crippen molar-refractivity contribution in [3.05, 3.63) is 23.9 Å². The first kappa shape index (κ1) is 21.4. The number of ether oxygens (including phenoxy) is 1. The van der Waals surface area contributed by atoms with Crippen LogP contribution in [0.2, 0.25) is 0 Å². The number of hydrogen-bond donors (Lipinski definition) is 1. The molecule has 152 valence electrons. The average Bonchev–Trinajstić information content (AvgIpc) is 2.55. The smallest absolute Gasteiger partial charge is 0.417 e. The maximum atomic E-state index is 12.5. The van der Waals surface area contributed by atoms with Gasteiger partial charge in [-0.3, -0.25) is 4.79 Å². The molecule has 0 bridgehead atoms. The van der Waals surface area contributed by atoms with Gasteiger partial charge in [0.05, 0.1) is 18.4 Å². The fourth-order valence-electron chi connectivity index (χ4n) is 2.71. The Bertz CT molecular complexity index is 745. The first-order valence-electron chi connectivity index (χ1n) is 8.35. The van der Waals surface area contributed by atoms with Gasteiger partial charge in [0.1, 0.15) is 6.10 Å². The highest BCUT2D eigenvalue weighted by Gasteiger charge is 2.31. The lowest BCUT2D eigenvalue weighted by Crippen LogP contribution is -2.44. The van der Waals surface area contributed by atoms with Crippen molar-refractivity contribution >= 4 is 15.9 Å². The zero-order chi connectivity index (χ0) is 20.2. The van der Waals surface area contributed by atoms with Gasteiger partial charge in [-0.25, -0.2) is 13.4 Å². The Morgan fingerprint density at radius 3 is 2.41 bits per heavy atom. The van der Waals surface area contributed by atoms with Crippen LogP contribution in [0.4, 0.5) is 13.2 Å². The summed E-state index contributed by atoms with van der Waals surface area (Å²) in [5.41, 5.74) is -0.833. The Labute approximate surface area is 156 Å². The largest absolute Gasteiger partial charge is 0.474 e. The average molecular weight is 409 g/mol. The number of sulfonamides is 1. The molecule has 7 nitrogen and oxygen atoms in total. The number of aromatic nitrogens is 1. The number of likely N-dealkylation sites (N-methyl/N-ethyl adjacent to an activating group) is 1. The van der Waals surface area contributed by atoms with Gasteiger partial charge >= 0.3 is 6.18 Å². The fourth-order valence-corrected chi connectivity index (χ4v) is 3.06. The molecule has 1 aromatic rings. The number of amides is 1. The molecular formula is C16H22F3N3O4S. The van der Waals surface area contributed by atoms with Gasteiger partial charge in [0.25, 0.3) is 0 Å². The van der Waals surface area contributed by atoms with Crippen LogP contribution < -0.4 is 10.1 Å². The van der Waals surface area contributed by atoms with Crippen LogP contribution in [0.15, 0.2) is 18.3 Å². The minimum atomic E-state index is -4.44. The summed E-state index contributed by atoms with van der Waals surface area (Å²) in [7, 11) is -2.09. The molecule has 0 radical (unpaired) electrons. The lowest BCUT2D eigenvalue weighted by Gasteiger charge is -2.29. The van der Waals surface area contributed by atoms with E-state index in [1.54, 1.807) is 0 Å². The van der Waals surface area contributed by atoms with Gasteiger partial charge in [-0.05, 0) is 31.7 Å². The van der Waals surface area contributed by atoms with E-state index < -0.39 is 21.8 Å². The molecular weight excluding hydrogens is 387 g/mol. The van der Waals surface area contributed by atoms with Gasteiger partial charge in [-0.15, -0.1) is 0 Å². The van der Waals surface area contributed by atoms with Crippen LogP contribution in [0.1, 0.15) is 31.2 Å². The van der Waals surface area contributed by atoms with E-state index in [9.17, 15) is 26.4 Å². The van der Waals surface area contributed by atoms with Crippen molar-refractivity contribution in [1.82, 2.24) is 14.6 Å². The Morgan fingerprint density at radius 1 is 1.30 bits per heavy atom. The van der Waals surface area contributed by atoms with E-state index in [-0.39, 0.29) is 30.5 Å². The van der Waals surface area contributed by atoms with Gasteiger partial charge in [0.2, 0.25) is 21.8 Å². The number of carbonyl (C=O) groups is 1. The molecule has 1 heterocycles. The third kappa shape index (κ3) is 6.65. The first-order valence-corrected chi connectivity index (χ1v) is 10.2. The van der Waals surface area contributed by atoms with E-state index in [1.807, 2.05) is 0 Å². The third-order valence-corrected chi connectivity index (χ3v) is 5.58. The molecule has 0 unspecified atom stereocenters. The second kappa shape index (κ2) is 8.42. The Hall–Kier alpha value is -1.88. The molecule has 0 aliphatic heterocycles. The molecule has 2 rings (SSSR count). The molecule has 1 aliphatic carbocycles. The van der Waals surface area contributed by atoms with E-state index in [4.69, 9.17) is 4.74 Å². The van der Waals surface area contributed by atoms with Crippen LogP contribution in [0.3, 0.4) is 0 Å². The summed E-state index contributed by atoms with van der Waals surface area (Å²) in [5, 5.41) is 2.79. The summed E-state index contributed by atoms with van der Waals surface area (Å²) in [6.07, 6.45) is -0.407. The molecule has 1 fully saturated rings. The number of carbonyl (C=O) groups excluding carboxylic acids is 1. The van der Waals surface area contributed by atoms with Crippen molar-refractivity contribution in [3.63, 3.8) is 0 Å². The summed E-state index contributed by atoms with van der Waals surface area (Å²) in [6, 6.07) is 2.02.